The number of hydrogen-bond acceptors (Lipinski definition) is 6. The zero-order valence-electron chi connectivity index (χ0n) is 16.3. The van der Waals surface area contributed by atoms with Crippen molar-refractivity contribution in [3.05, 3.63) is 71.9 Å². The van der Waals surface area contributed by atoms with E-state index >= 15 is 0 Å². The first-order valence-corrected chi connectivity index (χ1v) is 9.87. The number of benzene rings is 2. The van der Waals surface area contributed by atoms with Gasteiger partial charge in [-0.25, -0.2) is 0 Å². The summed E-state index contributed by atoms with van der Waals surface area (Å²) in [5, 5.41) is 11.7. The maximum atomic E-state index is 4.70. The Morgan fingerprint density at radius 1 is 0.929 bits per heavy atom. The predicted molar refractivity (Wildman–Crippen MR) is 113 cm³/mol. The lowest BCUT2D eigenvalue weighted by atomic mass is 10.1. The van der Waals surface area contributed by atoms with Gasteiger partial charge in [-0.2, -0.15) is 10.1 Å². The molecule has 6 nitrogen and oxygen atoms in total. The van der Waals surface area contributed by atoms with Crippen molar-refractivity contribution < 1.29 is 0 Å². The van der Waals surface area contributed by atoms with Crippen LogP contribution in [0.4, 0.5) is 17.5 Å². The molecular weight excluding hydrogens is 348 g/mol. The number of para-hydroxylation sites is 1. The lowest BCUT2D eigenvalue weighted by Gasteiger charge is -2.35. The van der Waals surface area contributed by atoms with Gasteiger partial charge >= 0.3 is 0 Å². The highest BCUT2D eigenvalue weighted by atomic mass is 15.3. The Balaban J connectivity index is 1.38. The summed E-state index contributed by atoms with van der Waals surface area (Å²) in [5.74, 6) is 1.43. The summed E-state index contributed by atoms with van der Waals surface area (Å²) in [4.78, 5) is 9.47. The van der Waals surface area contributed by atoms with Crippen LogP contribution in [0.15, 0.2) is 60.8 Å². The van der Waals surface area contributed by atoms with Gasteiger partial charge in [0, 0.05) is 38.4 Å². The van der Waals surface area contributed by atoms with Gasteiger partial charge in [-0.15, -0.1) is 5.10 Å². The first-order chi connectivity index (χ1) is 13.8. The lowest BCUT2D eigenvalue weighted by molar-refractivity contribution is 0.249. The molecule has 0 bridgehead atoms. The van der Waals surface area contributed by atoms with Gasteiger partial charge in [0.2, 0.25) is 5.95 Å². The number of rotatable bonds is 6. The topological polar surface area (TPSA) is 57.2 Å². The Labute approximate surface area is 166 Å². The average Bonchev–Trinajstić information content (AvgIpc) is 2.76. The van der Waals surface area contributed by atoms with Crippen molar-refractivity contribution in [3.8, 4) is 0 Å². The molecule has 1 fully saturated rings. The largest absolute Gasteiger partial charge is 0.353 e. The van der Waals surface area contributed by atoms with Crippen LogP contribution in [0.3, 0.4) is 0 Å². The second kappa shape index (κ2) is 8.80. The van der Waals surface area contributed by atoms with E-state index in [1.807, 2.05) is 6.07 Å². The number of aryl methyl sites for hydroxylation is 1. The Bertz CT molecular complexity index is 890. The van der Waals surface area contributed by atoms with Crippen LogP contribution in [0.1, 0.15) is 18.1 Å². The van der Waals surface area contributed by atoms with Crippen molar-refractivity contribution in [2.45, 2.75) is 19.9 Å². The Hall–Kier alpha value is -2.99. The van der Waals surface area contributed by atoms with Gasteiger partial charge in [0.25, 0.3) is 0 Å². The van der Waals surface area contributed by atoms with E-state index in [-0.39, 0.29) is 0 Å². The third kappa shape index (κ3) is 4.46. The molecule has 1 aromatic heterocycles. The molecule has 1 saturated heterocycles. The van der Waals surface area contributed by atoms with Crippen LogP contribution >= 0.6 is 0 Å². The van der Waals surface area contributed by atoms with Crippen molar-refractivity contribution in [3.63, 3.8) is 0 Å². The maximum Gasteiger partial charge on any atom is 0.249 e. The SMILES string of the molecule is CCc1ccccc1Nc1nncc(N2CCN(Cc3ccccc3)CC2)n1. The van der Waals surface area contributed by atoms with Crippen LogP contribution in [0, 0.1) is 0 Å². The molecule has 0 atom stereocenters. The van der Waals surface area contributed by atoms with Gasteiger partial charge in [-0.3, -0.25) is 4.90 Å². The van der Waals surface area contributed by atoms with E-state index in [9.17, 15) is 0 Å². The zero-order chi connectivity index (χ0) is 19.2. The summed E-state index contributed by atoms with van der Waals surface area (Å²) in [6, 6.07) is 18.9. The number of anilines is 3. The van der Waals surface area contributed by atoms with Crippen molar-refractivity contribution in [1.82, 2.24) is 20.1 Å². The van der Waals surface area contributed by atoms with E-state index in [0.717, 1.165) is 50.6 Å². The fourth-order valence-electron chi connectivity index (χ4n) is 3.55. The number of nitrogens with zero attached hydrogens (tertiary/aromatic N) is 5. The van der Waals surface area contributed by atoms with Crippen LogP contribution in [0.25, 0.3) is 0 Å². The van der Waals surface area contributed by atoms with Gasteiger partial charge in [0.1, 0.15) is 0 Å². The highest BCUT2D eigenvalue weighted by Crippen LogP contribution is 2.21. The summed E-state index contributed by atoms with van der Waals surface area (Å²) in [5.41, 5.74) is 3.64. The quantitative estimate of drug-likeness (QED) is 0.713. The summed E-state index contributed by atoms with van der Waals surface area (Å²) in [6.07, 6.45) is 2.71. The van der Waals surface area contributed by atoms with E-state index in [1.54, 1.807) is 6.20 Å². The second-order valence-corrected chi connectivity index (χ2v) is 7.02. The molecular formula is C22H26N6. The summed E-state index contributed by atoms with van der Waals surface area (Å²) in [6.45, 7) is 7.05. The molecule has 0 unspecified atom stereocenters. The van der Waals surface area contributed by atoms with Gasteiger partial charge in [-0.1, -0.05) is 55.5 Å². The van der Waals surface area contributed by atoms with E-state index in [1.165, 1.54) is 11.1 Å². The van der Waals surface area contributed by atoms with Crippen LogP contribution in [0.2, 0.25) is 0 Å². The van der Waals surface area contributed by atoms with Crippen molar-refractivity contribution >= 4 is 17.5 Å². The van der Waals surface area contributed by atoms with E-state index < -0.39 is 0 Å². The molecule has 0 spiro atoms. The second-order valence-electron chi connectivity index (χ2n) is 7.02. The van der Waals surface area contributed by atoms with Crippen molar-refractivity contribution in [2.75, 3.05) is 36.4 Å². The normalized spacial score (nSPS) is 14.8. The minimum atomic E-state index is 0.546. The molecule has 0 amide bonds. The third-order valence-electron chi connectivity index (χ3n) is 5.14. The Morgan fingerprint density at radius 3 is 2.46 bits per heavy atom. The molecule has 3 aromatic rings. The number of piperazine rings is 1. The Kier molecular flexibility index (Phi) is 5.77. The molecule has 0 radical (unpaired) electrons. The molecule has 144 valence electrons. The fourth-order valence-corrected chi connectivity index (χ4v) is 3.55. The lowest BCUT2D eigenvalue weighted by Crippen LogP contribution is -2.46. The molecule has 4 rings (SSSR count). The molecule has 2 aromatic carbocycles. The summed E-state index contributed by atoms with van der Waals surface area (Å²) in [7, 11) is 0. The Morgan fingerprint density at radius 2 is 1.68 bits per heavy atom. The molecule has 1 aliphatic heterocycles. The van der Waals surface area contributed by atoms with Gasteiger partial charge < -0.3 is 10.2 Å². The number of nitrogens with one attached hydrogen (secondary N) is 1. The number of aromatic nitrogens is 3. The molecule has 0 saturated carbocycles. The molecule has 1 N–H and O–H groups in total. The third-order valence-corrected chi connectivity index (χ3v) is 5.14. The minimum Gasteiger partial charge on any atom is -0.353 e. The molecule has 1 aliphatic rings. The zero-order valence-corrected chi connectivity index (χ0v) is 16.3. The van der Waals surface area contributed by atoms with Crippen molar-refractivity contribution in [1.29, 1.82) is 0 Å². The molecule has 28 heavy (non-hydrogen) atoms. The summed E-state index contributed by atoms with van der Waals surface area (Å²) < 4.78 is 0. The first-order valence-electron chi connectivity index (χ1n) is 9.87. The van der Waals surface area contributed by atoms with Crippen LogP contribution in [0.5, 0.6) is 0 Å². The van der Waals surface area contributed by atoms with Gasteiger partial charge in [0.05, 0.1) is 6.20 Å². The first kappa shape index (κ1) is 18.4. The molecule has 0 aliphatic carbocycles. The summed E-state index contributed by atoms with van der Waals surface area (Å²) >= 11 is 0. The smallest absolute Gasteiger partial charge is 0.249 e. The van der Waals surface area contributed by atoms with E-state index in [2.05, 4.69) is 80.8 Å². The van der Waals surface area contributed by atoms with Gasteiger partial charge in [-0.05, 0) is 23.6 Å². The average molecular weight is 374 g/mol. The van der Waals surface area contributed by atoms with Crippen LogP contribution < -0.4 is 10.2 Å². The fraction of sp³-hybridized carbons (Fsp3) is 0.318. The number of hydrogen-bond donors (Lipinski definition) is 1. The molecule has 2 heterocycles. The maximum absolute atomic E-state index is 4.70. The van der Waals surface area contributed by atoms with Crippen LogP contribution in [-0.4, -0.2) is 46.3 Å². The van der Waals surface area contributed by atoms with Crippen molar-refractivity contribution in [2.24, 2.45) is 0 Å². The predicted octanol–water partition coefficient (Wildman–Crippen LogP) is 3.50. The monoisotopic (exact) mass is 374 g/mol. The minimum absolute atomic E-state index is 0.546. The van der Waals surface area contributed by atoms with E-state index in [4.69, 9.17) is 4.98 Å². The van der Waals surface area contributed by atoms with E-state index in [0.29, 0.717) is 5.95 Å². The molecule has 6 heteroatoms. The highest BCUT2D eigenvalue weighted by Gasteiger charge is 2.19. The van der Waals surface area contributed by atoms with Crippen LogP contribution in [-0.2, 0) is 13.0 Å². The van der Waals surface area contributed by atoms with Gasteiger partial charge in [0.15, 0.2) is 5.82 Å². The highest BCUT2D eigenvalue weighted by molar-refractivity contribution is 5.59. The standard InChI is InChI=1S/C22H26N6/c1-2-19-10-6-7-11-20(19)24-22-25-21(16-23-26-22)28-14-12-27(13-15-28)17-18-8-4-3-5-9-18/h3-11,16H,2,12-15,17H2,1H3,(H,24,25,26).